The summed E-state index contributed by atoms with van der Waals surface area (Å²) in [6, 6.07) is 0.193. The lowest BCUT2D eigenvalue weighted by atomic mass is 10.1. The summed E-state index contributed by atoms with van der Waals surface area (Å²) in [5, 5.41) is 8.68. The minimum absolute atomic E-state index is 0.125. The highest BCUT2D eigenvalue weighted by molar-refractivity contribution is 5.78. The van der Waals surface area contributed by atoms with E-state index in [0.29, 0.717) is 19.5 Å². The van der Waals surface area contributed by atoms with Crippen molar-refractivity contribution in [2.24, 2.45) is 0 Å². The van der Waals surface area contributed by atoms with E-state index in [9.17, 15) is 9.59 Å². The van der Waals surface area contributed by atoms with Crippen LogP contribution in [0.15, 0.2) is 0 Å². The molecule has 1 heterocycles. The van der Waals surface area contributed by atoms with Gasteiger partial charge in [0.15, 0.2) is 0 Å². The molecular formula is C11H20N2O3. The van der Waals surface area contributed by atoms with Gasteiger partial charge in [-0.3, -0.25) is 14.5 Å². The molecule has 1 fully saturated rings. The van der Waals surface area contributed by atoms with E-state index in [4.69, 9.17) is 5.11 Å². The SMILES string of the molecule is CCCN1CC(=O)N(C)CC1CCC(=O)O. The van der Waals surface area contributed by atoms with Crippen molar-refractivity contribution in [3.63, 3.8) is 0 Å². The van der Waals surface area contributed by atoms with Crippen molar-refractivity contribution in [2.45, 2.75) is 32.2 Å². The van der Waals surface area contributed by atoms with E-state index in [2.05, 4.69) is 11.8 Å². The number of rotatable bonds is 5. The predicted molar refractivity (Wildman–Crippen MR) is 60.2 cm³/mol. The van der Waals surface area contributed by atoms with Crippen LogP contribution in [0.3, 0.4) is 0 Å². The molecule has 1 rings (SSSR count). The van der Waals surface area contributed by atoms with Crippen molar-refractivity contribution < 1.29 is 14.7 Å². The second-order valence-electron chi connectivity index (χ2n) is 4.33. The minimum atomic E-state index is -0.768. The molecule has 1 N–H and O–H groups in total. The maximum atomic E-state index is 11.5. The summed E-state index contributed by atoms with van der Waals surface area (Å²) in [4.78, 5) is 25.9. The Hall–Kier alpha value is -1.10. The van der Waals surface area contributed by atoms with Gasteiger partial charge >= 0.3 is 5.97 Å². The van der Waals surface area contributed by atoms with Crippen LogP contribution in [0.2, 0.25) is 0 Å². The predicted octanol–water partition coefficient (Wildman–Crippen LogP) is 0.404. The van der Waals surface area contributed by atoms with Gasteiger partial charge in [0, 0.05) is 26.1 Å². The van der Waals surface area contributed by atoms with Crippen LogP contribution in [0.5, 0.6) is 0 Å². The standard InChI is InChI=1S/C11H20N2O3/c1-3-6-13-8-10(14)12(2)7-9(13)4-5-11(15)16/h9H,3-8H2,1-2H3,(H,15,16). The number of hydrogen-bond acceptors (Lipinski definition) is 3. The molecule has 92 valence electrons. The second-order valence-corrected chi connectivity index (χ2v) is 4.33. The lowest BCUT2D eigenvalue weighted by Crippen LogP contribution is -2.54. The van der Waals surface area contributed by atoms with Crippen molar-refractivity contribution in [3.05, 3.63) is 0 Å². The molecule has 16 heavy (non-hydrogen) atoms. The molecule has 5 nitrogen and oxygen atoms in total. The molecule has 1 saturated heterocycles. The monoisotopic (exact) mass is 228 g/mol. The van der Waals surface area contributed by atoms with Crippen molar-refractivity contribution in [3.8, 4) is 0 Å². The fourth-order valence-electron chi connectivity index (χ4n) is 2.07. The Morgan fingerprint density at radius 3 is 2.81 bits per heavy atom. The zero-order chi connectivity index (χ0) is 12.1. The van der Waals surface area contributed by atoms with E-state index in [1.807, 2.05) is 0 Å². The first kappa shape index (κ1) is 13.0. The third-order valence-corrected chi connectivity index (χ3v) is 2.97. The third kappa shape index (κ3) is 3.48. The lowest BCUT2D eigenvalue weighted by molar-refractivity contribution is -0.138. The maximum absolute atomic E-state index is 11.5. The number of carboxylic acid groups (broad SMARTS) is 1. The van der Waals surface area contributed by atoms with Gasteiger partial charge in [-0.15, -0.1) is 0 Å². The average molecular weight is 228 g/mol. The Labute approximate surface area is 96.0 Å². The third-order valence-electron chi connectivity index (χ3n) is 2.97. The van der Waals surface area contributed by atoms with Crippen molar-refractivity contribution in [1.29, 1.82) is 0 Å². The van der Waals surface area contributed by atoms with Gasteiger partial charge in [-0.2, -0.15) is 0 Å². The summed E-state index contributed by atoms with van der Waals surface area (Å²) in [5.74, 6) is -0.643. The number of carboxylic acids is 1. The van der Waals surface area contributed by atoms with Crippen LogP contribution in [0.1, 0.15) is 26.2 Å². The van der Waals surface area contributed by atoms with Crippen LogP contribution in [-0.2, 0) is 9.59 Å². The Morgan fingerprint density at radius 1 is 1.56 bits per heavy atom. The van der Waals surface area contributed by atoms with Gasteiger partial charge in [-0.05, 0) is 19.4 Å². The first-order valence-corrected chi connectivity index (χ1v) is 5.74. The highest BCUT2D eigenvalue weighted by Gasteiger charge is 2.29. The fourth-order valence-corrected chi connectivity index (χ4v) is 2.07. The fraction of sp³-hybridized carbons (Fsp3) is 0.818. The maximum Gasteiger partial charge on any atom is 0.303 e. The quantitative estimate of drug-likeness (QED) is 0.740. The van der Waals surface area contributed by atoms with Gasteiger partial charge < -0.3 is 10.0 Å². The summed E-state index contributed by atoms with van der Waals surface area (Å²) in [5.41, 5.74) is 0. The molecule has 0 aromatic heterocycles. The number of carbonyl (C=O) groups is 2. The minimum Gasteiger partial charge on any atom is -0.481 e. The number of nitrogens with zero attached hydrogens (tertiary/aromatic N) is 2. The zero-order valence-corrected chi connectivity index (χ0v) is 9.98. The second kappa shape index (κ2) is 5.84. The Balaban J connectivity index is 2.55. The van der Waals surface area contributed by atoms with Crippen LogP contribution in [0.25, 0.3) is 0 Å². The summed E-state index contributed by atoms with van der Waals surface area (Å²) in [6.45, 7) is 4.00. The highest BCUT2D eigenvalue weighted by Crippen LogP contribution is 2.14. The van der Waals surface area contributed by atoms with E-state index in [1.54, 1.807) is 11.9 Å². The largest absolute Gasteiger partial charge is 0.481 e. The van der Waals surface area contributed by atoms with E-state index < -0.39 is 5.97 Å². The van der Waals surface area contributed by atoms with Crippen LogP contribution < -0.4 is 0 Å². The Morgan fingerprint density at radius 2 is 2.25 bits per heavy atom. The number of aliphatic carboxylic acids is 1. The lowest BCUT2D eigenvalue weighted by Gasteiger charge is -2.39. The van der Waals surface area contributed by atoms with E-state index in [0.717, 1.165) is 13.0 Å². The first-order valence-electron chi connectivity index (χ1n) is 5.74. The van der Waals surface area contributed by atoms with Crippen LogP contribution in [0, 0.1) is 0 Å². The molecule has 1 aliphatic rings. The molecule has 0 saturated carbocycles. The summed E-state index contributed by atoms with van der Waals surface area (Å²) < 4.78 is 0. The molecule has 0 spiro atoms. The van der Waals surface area contributed by atoms with Gasteiger partial charge in [-0.25, -0.2) is 0 Å². The molecule has 0 aromatic carbocycles. The molecule has 5 heteroatoms. The van der Waals surface area contributed by atoms with Gasteiger partial charge in [0.05, 0.1) is 6.54 Å². The summed E-state index contributed by atoms with van der Waals surface area (Å²) in [6.07, 6.45) is 1.78. The topological polar surface area (TPSA) is 60.9 Å². The first-order chi connectivity index (χ1) is 7.54. The van der Waals surface area contributed by atoms with E-state index in [1.165, 1.54) is 0 Å². The molecule has 0 radical (unpaired) electrons. The van der Waals surface area contributed by atoms with E-state index >= 15 is 0 Å². The average Bonchev–Trinajstić information content (AvgIpc) is 2.21. The summed E-state index contributed by atoms with van der Waals surface area (Å²) >= 11 is 0. The van der Waals surface area contributed by atoms with Gasteiger partial charge in [0.25, 0.3) is 0 Å². The Bertz CT molecular complexity index is 268. The van der Waals surface area contributed by atoms with Crippen molar-refractivity contribution in [2.75, 3.05) is 26.7 Å². The smallest absolute Gasteiger partial charge is 0.303 e. The molecule has 1 aliphatic heterocycles. The van der Waals surface area contributed by atoms with Gasteiger partial charge in [0.2, 0.25) is 5.91 Å². The molecule has 0 aromatic rings. The zero-order valence-electron chi connectivity index (χ0n) is 9.98. The Kier molecular flexibility index (Phi) is 4.73. The number of carbonyl (C=O) groups excluding carboxylic acids is 1. The van der Waals surface area contributed by atoms with Crippen LogP contribution in [0.4, 0.5) is 0 Å². The molecule has 0 bridgehead atoms. The highest BCUT2D eigenvalue weighted by atomic mass is 16.4. The normalized spacial score (nSPS) is 22.5. The van der Waals surface area contributed by atoms with Crippen molar-refractivity contribution >= 4 is 11.9 Å². The van der Waals surface area contributed by atoms with Crippen LogP contribution in [-0.4, -0.2) is 59.5 Å². The molecule has 1 amide bonds. The number of amides is 1. The van der Waals surface area contributed by atoms with Crippen LogP contribution >= 0.6 is 0 Å². The molecule has 1 atom stereocenters. The molecular weight excluding hydrogens is 208 g/mol. The number of likely N-dealkylation sites (N-methyl/N-ethyl adjacent to an activating group) is 1. The van der Waals surface area contributed by atoms with Crippen molar-refractivity contribution in [1.82, 2.24) is 9.80 Å². The number of piperazine rings is 1. The molecule has 0 aliphatic carbocycles. The van der Waals surface area contributed by atoms with E-state index in [-0.39, 0.29) is 18.4 Å². The summed E-state index contributed by atoms with van der Waals surface area (Å²) in [7, 11) is 1.78. The van der Waals surface area contributed by atoms with Gasteiger partial charge in [-0.1, -0.05) is 6.92 Å². The number of hydrogen-bond donors (Lipinski definition) is 1. The molecule has 1 unspecified atom stereocenters. The van der Waals surface area contributed by atoms with Gasteiger partial charge in [0.1, 0.15) is 0 Å².